The molecule has 0 saturated heterocycles. The first kappa shape index (κ1) is 13.7. The van der Waals surface area contributed by atoms with E-state index < -0.39 is 11.0 Å². The summed E-state index contributed by atoms with van der Waals surface area (Å²) in [5.41, 5.74) is 5.26. The fourth-order valence-electron chi connectivity index (χ4n) is 1.35. The Labute approximate surface area is 103 Å². The zero-order chi connectivity index (χ0) is 13.1. The molecule has 3 nitrogen and oxygen atoms in total. The molecular formula is C14H21NO2. The SMILES string of the molecule is CC(C)(CN)C(=O)OC(C)(C)c1ccccc1. The summed E-state index contributed by atoms with van der Waals surface area (Å²) in [6.07, 6.45) is 0. The Hall–Kier alpha value is -1.35. The van der Waals surface area contributed by atoms with E-state index >= 15 is 0 Å². The Kier molecular flexibility index (Phi) is 3.94. The summed E-state index contributed by atoms with van der Waals surface area (Å²) in [5.74, 6) is -0.270. The van der Waals surface area contributed by atoms with Crippen LogP contribution in [0.3, 0.4) is 0 Å². The highest BCUT2D eigenvalue weighted by molar-refractivity contribution is 5.76. The van der Waals surface area contributed by atoms with Gasteiger partial charge in [0, 0.05) is 6.54 Å². The number of rotatable bonds is 4. The normalized spacial score (nSPS) is 12.3. The van der Waals surface area contributed by atoms with Crippen LogP contribution in [0.4, 0.5) is 0 Å². The van der Waals surface area contributed by atoms with Gasteiger partial charge in [-0.25, -0.2) is 0 Å². The van der Waals surface area contributed by atoms with Crippen molar-refractivity contribution in [1.82, 2.24) is 0 Å². The van der Waals surface area contributed by atoms with Gasteiger partial charge in [-0.05, 0) is 33.3 Å². The van der Waals surface area contributed by atoms with Crippen LogP contribution in [0.15, 0.2) is 30.3 Å². The molecule has 0 spiro atoms. The van der Waals surface area contributed by atoms with Crippen molar-refractivity contribution in [3.8, 4) is 0 Å². The van der Waals surface area contributed by atoms with Crippen LogP contribution in [0, 0.1) is 5.41 Å². The van der Waals surface area contributed by atoms with Crippen LogP contribution in [0.1, 0.15) is 33.3 Å². The number of carbonyl (C=O) groups is 1. The summed E-state index contributed by atoms with van der Waals surface area (Å²) in [4.78, 5) is 12.0. The molecule has 0 aliphatic heterocycles. The van der Waals surface area contributed by atoms with E-state index in [0.29, 0.717) is 0 Å². The standard InChI is InChI=1S/C14H21NO2/c1-13(2,10-15)12(16)17-14(3,4)11-8-6-5-7-9-11/h5-9H,10,15H2,1-4H3. The average molecular weight is 235 g/mol. The zero-order valence-corrected chi connectivity index (χ0v) is 11.0. The molecule has 94 valence electrons. The van der Waals surface area contributed by atoms with Gasteiger partial charge in [-0.2, -0.15) is 0 Å². The fraction of sp³-hybridized carbons (Fsp3) is 0.500. The van der Waals surface area contributed by atoms with E-state index in [9.17, 15) is 4.79 Å². The van der Waals surface area contributed by atoms with Gasteiger partial charge >= 0.3 is 5.97 Å². The molecule has 0 aliphatic rings. The molecule has 0 radical (unpaired) electrons. The van der Waals surface area contributed by atoms with E-state index in [1.54, 1.807) is 13.8 Å². The third kappa shape index (κ3) is 3.30. The number of ether oxygens (including phenoxy) is 1. The van der Waals surface area contributed by atoms with Crippen molar-refractivity contribution in [2.75, 3.05) is 6.54 Å². The van der Waals surface area contributed by atoms with Crippen LogP contribution in [-0.4, -0.2) is 12.5 Å². The van der Waals surface area contributed by atoms with Crippen LogP contribution in [0.25, 0.3) is 0 Å². The van der Waals surface area contributed by atoms with Crippen molar-refractivity contribution < 1.29 is 9.53 Å². The van der Waals surface area contributed by atoms with Crippen molar-refractivity contribution in [3.63, 3.8) is 0 Å². The highest BCUT2D eigenvalue weighted by atomic mass is 16.6. The second-order valence-corrected chi connectivity index (χ2v) is 5.35. The van der Waals surface area contributed by atoms with Crippen LogP contribution in [-0.2, 0) is 15.1 Å². The lowest BCUT2D eigenvalue weighted by Gasteiger charge is -2.30. The predicted octanol–water partition coefficient (Wildman–Crippen LogP) is 2.45. The van der Waals surface area contributed by atoms with Gasteiger partial charge in [0.05, 0.1) is 5.41 Å². The van der Waals surface area contributed by atoms with Crippen molar-refractivity contribution in [2.45, 2.75) is 33.3 Å². The predicted molar refractivity (Wildman–Crippen MR) is 68.4 cm³/mol. The minimum atomic E-state index is -0.647. The molecule has 1 aromatic carbocycles. The number of nitrogens with two attached hydrogens (primary N) is 1. The van der Waals surface area contributed by atoms with Crippen molar-refractivity contribution in [1.29, 1.82) is 0 Å². The Morgan fingerprint density at radius 2 is 1.71 bits per heavy atom. The van der Waals surface area contributed by atoms with Crippen molar-refractivity contribution >= 4 is 5.97 Å². The van der Waals surface area contributed by atoms with Gasteiger partial charge in [0.1, 0.15) is 5.60 Å². The maximum atomic E-state index is 12.0. The number of esters is 1. The molecule has 17 heavy (non-hydrogen) atoms. The monoisotopic (exact) mass is 235 g/mol. The molecule has 2 N–H and O–H groups in total. The Morgan fingerprint density at radius 1 is 1.18 bits per heavy atom. The second kappa shape index (κ2) is 4.88. The van der Waals surface area contributed by atoms with E-state index in [1.807, 2.05) is 44.2 Å². The van der Waals surface area contributed by atoms with Crippen molar-refractivity contribution in [3.05, 3.63) is 35.9 Å². The van der Waals surface area contributed by atoms with Gasteiger partial charge in [0.15, 0.2) is 0 Å². The molecule has 0 heterocycles. The molecule has 3 heteroatoms. The highest BCUT2D eigenvalue weighted by Crippen LogP contribution is 2.28. The van der Waals surface area contributed by atoms with Crippen molar-refractivity contribution in [2.24, 2.45) is 11.1 Å². The molecule has 0 unspecified atom stereocenters. The third-order valence-electron chi connectivity index (χ3n) is 2.88. The fourth-order valence-corrected chi connectivity index (χ4v) is 1.35. The lowest BCUT2D eigenvalue weighted by molar-refractivity contribution is -0.167. The van der Waals surface area contributed by atoms with Gasteiger partial charge in [-0.15, -0.1) is 0 Å². The molecule has 0 atom stereocenters. The number of carbonyl (C=O) groups excluding carboxylic acids is 1. The largest absolute Gasteiger partial charge is 0.454 e. The Morgan fingerprint density at radius 3 is 2.18 bits per heavy atom. The molecule has 0 aliphatic carbocycles. The third-order valence-corrected chi connectivity index (χ3v) is 2.88. The number of hydrogen-bond acceptors (Lipinski definition) is 3. The van der Waals surface area contributed by atoms with Gasteiger partial charge in [-0.3, -0.25) is 4.79 Å². The highest BCUT2D eigenvalue weighted by Gasteiger charge is 2.33. The van der Waals surface area contributed by atoms with E-state index in [2.05, 4.69) is 0 Å². The smallest absolute Gasteiger partial charge is 0.313 e. The van der Waals surface area contributed by atoms with Crippen LogP contribution >= 0.6 is 0 Å². The first-order valence-corrected chi connectivity index (χ1v) is 5.78. The summed E-state index contributed by atoms with van der Waals surface area (Å²) >= 11 is 0. The molecular weight excluding hydrogens is 214 g/mol. The topological polar surface area (TPSA) is 52.3 Å². The second-order valence-electron chi connectivity index (χ2n) is 5.35. The Balaban J connectivity index is 2.84. The van der Waals surface area contributed by atoms with Crippen LogP contribution in [0.2, 0.25) is 0 Å². The molecule has 0 fully saturated rings. The van der Waals surface area contributed by atoms with Crippen LogP contribution < -0.4 is 5.73 Å². The quantitative estimate of drug-likeness (QED) is 0.815. The summed E-state index contributed by atoms with van der Waals surface area (Å²) < 4.78 is 5.56. The maximum Gasteiger partial charge on any atom is 0.313 e. The molecule has 1 rings (SSSR count). The van der Waals surface area contributed by atoms with E-state index in [1.165, 1.54) is 0 Å². The van der Waals surface area contributed by atoms with Gasteiger partial charge < -0.3 is 10.5 Å². The lowest BCUT2D eigenvalue weighted by Crippen LogP contribution is -2.38. The van der Waals surface area contributed by atoms with Gasteiger partial charge in [0.2, 0.25) is 0 Å². The van der Waals surface area contributed by atoms with E-state index in [4.69, 9.17) is 10.5 Å². The molecule has 0 bridgehead atoms. The molecule has 1 aromatic rings. The first-order valence-electron chi connectivity index (χ1n) is 5.78. The summed E-state index contributed by atoms with van der Waals surface area (Å²) in [5, 5.41) is 0. The maximum absolute atomic E-state index is 12.0. The van der Waals surface area contributed by atoms with Gasteiger partial charge in [0.25, 0.3) is 0 Å². The lowest BCUT2D eigenvalue weighted by atomic mass is 9.92. The van der Waals surface area contributed by atoms with Gasteiger partial charge in [-0.1, -0.05) is 30.3 Å². The summed E-state index contributed by atoms with van der Waals surface area (Å²) in [6, 6.07) is 9.69. The number of hydrogen-bond donors (Lipinski definition) is 1. The summed E-state index contributed by atoms with van der Waals surface area (Å²) in [6.45, 7) is 7.61. The molecule has 0 aromatic heterocycles. The first-order chi connectivity index (χ1) is 7.79. The van der Waals surface area contributed by atoms with E-state index in [0.717, 1.165) is 5.56 Å². The minimum absolute atomic E-state index is 0.270. The average Bonchev–Trinajstić information content (AvgIpc) is 2.29. The molecule has 0 amide bonds. The molecule has 0 saturated carbocycles. The Bertz CT molecular complexity index is 382. The van der Waals surface area contributed by atoms with E-state index in [-0.39, 0.29) is 12.5 Å². The summed E-state index contributed by atoms with van der Waals surface area (Å²) in [7, 11) is 0. The number of benzene rings is 1. The van der Waals surface area contributed by atoms with Crippen LogP contribution in [0.5, 0.6) is 0 Å². The zero-order valence-electron chi connectivity index (χ0n) is 11.0. The minimum Gasteiger partial charge on any atom is -0.454 e.